The highest BCUT2D eigenvalue weighted by atomic mass is 79.9. The molecule has 4 nitrogen and oxygen atoms in total. The summed E-state index contributed by atoms with van der Waals surface area (Å²) in [7, 11) is 0. The van der Waals surface area contributed by atoms with Crippen molar-refractivity contribution in [1.29, 1.82) is 5.26 Å². The summed E-state index contributed by atoms with van der Waals surface area (Å²) in [6.45, 7) is 2.76. The highest BCUT2D eigenvalue weighted by Crippen LogP contribution is 2.23. The van der Waals surface area contributed by atoms with Gasteiger partial charge in [0.2, 0.25) is 5.91 Å². The molecule has 0 bridgehead atoms. The van der Waals surface area contributed by atoms with Crippen molar-refractivity contribution in [3.63, 3.8) is 0 Å². The van der Waals surface area contributed by atoms with Gasteiger partial charge in [-0.1, -0.05) is 15.9 Å². The Kier molecular flexibility index (Phi) is 4.43. The minimum atomic E-state index is -0.406. The van der Waals surface area contributed by atoms with Crippen LogP contribution in [0, 0.1) is 11.3 Å². The van der Waals surface area contributed by atoms with Crippen molar-refractivity contribution in [2.45, 2.75) is 31.8 Å². The number of benzene rings is 1. The standard InChI is InChI=1S/C14H16BrN3O/c1-10-7-9-18(12-4-2-11(15)3-5-12)13(6-8-16)14(19)17-10/h2-5,10,13H,6-7,9H2,1H3,(H,17,19). The lowest BCUT2D eigenvalue weighted by Crippen LogP contribution is -2.45. The van der Waals surface area contributed by atoms with Crippen molar-refractivity contribution < 1.29 is 4.79 Å². The van der Waals surface area contributed by atoms with Crippen LogP contribution < -0.4 is 10.2 Å². The molecule has 1 aromatic rings. The minimum Gasteiger partial charge on any atom is -0.359 e. The highest BCUT2D eigenvalue weighted by Gasteiger charge is 2.30. The molecule has 1 heterocycles. The van der Waals surface area contributed by atoms with Gasteiger partial charge in [-0.3, -0.25) is 4.79 Å². The smallest absolute Gasteiger partial charge is 0.243 e. The summed E-state index contributed by atoms with van der Waals surface area (Å²) in [6, 6.07) is 9.69. The summed E-state index contributed by atoms with van der Waals surface area (Å²) in [4.78, 5) is 14.2. The summed E-state index contributed by atoms with van der Waals surface area (Å²) in [5, 5.41) is 11.9. The molecule has 19 heavy (non-hydrogen) atoms. The summed E-state index contributed by atoms with van der Waals surface area (Å²) in [5.74, 6) is -0.0607. The van der Waals surface area contributed by atoms with Gasteiger partial charge in [-0.25, -0.2) is 0 Å². The Morgan fingerprint density at radius 1 is 1.47 bits per heavy atom. The van der Waals surface area contributed by atoms with Crippen LogP contribution >= 0.6 is 15.9 Å². The van der Waals surface area contributed by atoms with E-state index in [0.29, 0.717) is 0 Å². The number of hydrogen-bond donors (Lipinski definition) is 1. The maximum Gasteiger partial charge on any atom is 0.243 e. The lowest BCUT2D eigenvalue weighted by Gasteiger charge is -2.29. The molecule has 1 amide bonds. The Bertz CT molecular complexity index is 494. The first kappa shape index (κ1) is 13.9. The summed E-state index contributed by atoms with van der Waals surface area (Å²) in [6.07, 6.45) is 1.08. The first-order valence-electron chi connectivity index (χ1n) is 6.31. The molecule has 1 saturated heterocycles. The van der Waals surface area contributed by atoms with Gasteiger partial charge >= 0.3 is 0 Å². The zero-order chi connectivity index (χ0) is 13.8. The Morgan fingerprint density at radius 2 is 2.16 bits per heavy atom. The van der Waals surface area contributed by atoms with Crippen LogP contribution in [-0.4, -0.2) is 24.5 Å². The van der Waals surface area contributed by atoms with Crippen molar-refractivity contribution >= 4 is 27.5 Å². The van der Waals surface area contributed by atoms with E-state index in [1.807, 2.05) is 36.1 Å². The predicted octanol–water partition coefficient (Wildman–Crippen LogP) is 2.45. The third-order valence-corrected chi connectivity index (χ3v) is 3.84. The normalized spacial score (nSPS) is 23.4. The van der Waals surface area contributed by atoms with Gasteiger partial charge in [0.1, 0.15) is 6.04 Å². The zero-order valence-corrected chi connectivity index (χ0v) is 12.4. The van der Waals surface area contributed by atoms with E-state index in [1.54, 1.807) is 0 Å². The Labute approximate surface area is 121 Å². The minimum absolute atomic E-state index is 0.0607. The molecule has 0 aliphatic carbocycles. The molecule has 2 rings (SSSR count). The van der Waals surface area contributed by atoms with Crippen LogP contribution in [0.5, 0.6) is 0 Å². The Morgan fingerprint density at radius 3 is 2.79 bits per heavy atom. The molecule has 1 fully saturated rings. The third kappa shape index (κ3) is 3.27. The molecule has 0 radical (unpaired) electrons. The molecule has 100 valence electrons. The van der Waals surface area contributed by atoms with Gasteiger partial charge in [0, 0.05) is 22.7 Å². The first-order valence-corrected chi connectivity index (χ1v) is 7.10. The molecular formula is C14H16BrN3O. The van der Waals surface area contributed by atoms with Crippen molar-refractivity contribution in [1.82, 2.24) is 5.32 Å². The van der Waals surface area contributed by atoms with Crippen molar-refractivity contribution in [3.8, 4) is 6.07 Å². The van der Waals surface area contributed by atoms with E-state index in [0.717, 1.165) is 23.1 Å². The molecule has 0 saturated carbocycles. The van der Waals surface area contributed by atoms with Gasteiger partial charge in [-0.05, 0) is 37.6 Å². The lowest BCUT2D eigenvalue weighted by molar-refractivity contribution is -0.122. The number of nitrogens with one attached hydrogen (secondary N) is 1. The average Bonchev–Trinajstić information content (AvgIpc) is 2.51. The van der Waals surface area contributed by atoms with Crippen LogP contribution in [0.25, 0.3) is 0 Å². The molecule has 1 aliphatic rings. The number of rotatable bonds is 2. The quantitative estimate of drug-likeness (QED) is 0.910. The Balaban J connectivity index is 2.30. The number of hydrogen-bond acceptors (Lipinski definition) is 3. The molecule has 2 unspecified atom stereocenters. The van der Waals surface area contributed by atoms with E-state index in [9.17, 15) is 4.79 Å². The molecule has 0 spiro atoms. The number of amides is 1. The van der Waals surface area contributed by atoms with Crippen LogP contribution in [0.1, 0.15) is 19.8 Å². The summed E-state index contributed by atoms with van der Waals surface area (Å²) < 4.78 is 1.00. The van der Waals surface area contributed by atoms with Crippen LogP contribution in [0.4, 0.5) is 5.69 Å². The summed E-state index contributed by atoms with van der Waals surface area (Å²) in [5.41, 5.74) is 0.979. The number of carbonyl (C=O) groups excluding carboxylic acids is 1. The fourth-order valence-electron chi connectivity index (χ4n) is 2.27. The highest BCUT2D eigenvalue weighted by molar-refractivity contribution is 9.10. The predicted molar refractivity (Wildman–Crippen MR) is 77.7 cm³/mol. The lowest BCUT2D eigenvalue weighted by atomic mass is 10.1. The summed E-state index contributed by atoms with van der Waals surface area (Å²) >= 11 is 3.40. The van der Waals surface area contributed by atoms with E-state index in [1.165, 1.54) is 0 Å². The average molecular weight is 322 g/mol. The van der Waals surface area contributed by atoms with E-state index in [2.05, 4.69) is 27.3 Å². The van der Waals surface area contributed by atoms with Gasteiger partial charge in [-0.15, -0.1) is 0 Å². The number of carbonyl (C=O) groups is 1. The van der Waals surface area contributed by atoms with E-state index in [4.69, 9.17) is 5.26 Å². The molecule has 1 N–H and O–H groups in total. The van der Waals surface area contributed by atoms with Gasteiger partial charge in [0.15, 0.2) is 0 Å². The maximum absolute atomic E-state index is 12.2. The maximum atomic E-state index is 12.2. The fraction of sp³-hybridized carbons (Fsp3) is 0.429. The van der Waals surface area contributed by atoms with Crippen LogP contribution in [0.15, 0.2) is 28.7 Å². The van der Waals surface area contributed by atoms with E-state index < -0.39 is 6.04 Å². The third-order valence-electron chi connectivity index (χ3n) is 3.31. The number of nitrogens with zero attached hydrogens (tertiary/aromatic N) is 2. The monoisotopic (exact) mass is 321 g/mol. The van der Waals surface area contributed by atoms with E-state index in [-0.39, 0.29) is 18.4 Å². The molecule has 1 aliphatic heterocycles. The molecule has 2 atom stereocenters. The van der Waals surface area contributed by atoms with Gasteiger partial charge in [0.25, 0.3) is 0 Å². The number of anilines is 1. The second-order valence-corrected chi connectivity index (χ2v) is 5.66. The van der Waals surface area contributed by atoms with Crippen LogP contribution in [-0.2, 0) is 4.79 Å². The van der Waals surface area contributed by atoms with Crippen LogP contribution in [0.3, 0.4) is 0 Å². The Hall–Kier alpha value is -1.54. The van der Waals surface area contributed by atoms with Crippen molar-refractivity contribution in [3.05, 3.63) is 28.7 Å². The fourth-order valence-corrected chi connectivity index (χ4v) is 2.54. The number of halogens is 1. The second kappa shape index (κ2) is 6.07. The van der Waals surface area contributed by atoms with Gasteiger partial charge < -0.3 is 10.2 Å². The number of nitriles is 1. The molecular weight excluding hydrogens is 306 g/mol. The molecule has 1 aromatic carbocycles. The van der Waals surface area contributed by atoms with Crippen LogP contribution in [0.2, 0.25) is 0 Å². The van der Waals surface area contributed by atoms with E-state index >= 15 is 0 Å². The molecule has 0 aromatic heterocycles. The first-order chi connectivity index (χ1) is 9.11. The second-order valence-electron chi connectivity index (χ2n) is 4.75. The topological polar surface area (TPSA) is 56.1 Å². The van der Waals surface area contributed by atoms with Crippen molar-refractivity contribution in [2.75, 3.05) is 11.4 Å². The molecule has 5 heteroatoms. The largest absolute Gasteiger partial charge is 0.359 e. The van der Waals surface area contributed by atoms with Gasteiger partial charge in [-0.2, -0.15) is 5.26 Å². The zero-order valence-electron chi connectivity index (χ0n) is 10.8. The van der Waals surface area contributed by atoms with Crippen molar-refractivity contribution in [2.24, 2.45) is 0 Å². The SMILES string of the molecule is CC1CCN(c2ccc(Br)cc2)C(CC#N)C(=O)N1. The van der Waals surface area contributed by atoms with Gasteiger partial charge in [0.05, 0.1) is 12.5 Å².